The number of aryl methyl sites for hydroxylation is 1. The third-order valence-corrected chi connectivity index (χ3v) is 4.81. The highest BCUT2D eigenvalue weighted by Gasteiger charge is 2.31. The Morgan fingerprint density at radius 2 is 2.05 bits per heavy atom. The number of hydrogen-bond donors (Lipinski definition) is 1. The summed E-state index contributed by atoms with van der Waals surface area (Å²) in [5, 5.41) is 3.16. The maximum absolute atomic E-state index is 14.4. The molecule has 3 atom stereocenters. The molecular formula is C17H25F2N. The Balaban J connectivity index is 2.30. The van der Waals surface area contributed by atoms with Crippen molar-refractivity contribution < 1.29 is 8.78 Å². The lowest BCUT2D eigenvalue weighted by atomic mass is 9.75. The Kier molecular flexibility index (Phi) is 5.14. The van der Waals surface area contributed by atoms with Gasteiger partial charge in [0.15, 0.2) is 0 Å². The molecular weight excluding hydrogens is 256 g/mol. The van der Waals surface area contributed by atoms with Crippen LogP contribution in [0.1, 0.15) is 56.2 Å². The predicted molar refractivity (Wildman–Crippen MR) is 78.6 cm³/mol. The van der Waals surface area contributed by atoms with Gasteiger partial charge >= 0.3 is 0 Å². The van der Waals surface area contributed by atoms with E-state index in [4.69, 9.17) is 0 Å². The highest BCUT2D eigenvalue weighted by Crippen LogP contribution is 2.40. The summed E-state index contributed by atoms with van der Waals surface area (Å²) >= 11 is 0. The molecule has 0 heterocycles. The summed E-state index contributed by atoms with van der Waals surface area (Å²) < 4.78 is 28.5. The van der Waals surface area contributed by atoms with E-state index in [9.17, 15) is 8.78 Å². The van der Waals surface area contributed by atoms with E-state index in [0.717, 1.165) is 25.7 Å². The maximum Gasteiger partial charge on any atom is 0.133 e. The van der Waals surface area contributed by atoms with E-state index < -0.39 is 5.82 Å². The van der Waals surface area contributed by atoms with Crippen LogP contribution >= 0.6 is 0 Å². The predicted octanol–water partition coefficient (Wildman–Crippen LogP) is 4.75. The highest BCUT2D eigenvalue weighted by atomic mass is 19.1. The fraction of sp³-hybridized carbons (Fsp3) is 0.647. The minimum atomic E-state index is -0.425. The van der Waals surface area contributed by atoms with Crippen LogP contribution in [0, 0.1) is 30.4 Å². The van der Waals surface area contributed by atoms with Gasteiger partial charge in [-0.25, -0.2) is 8.78 Å². The summed E-state index contributed by atoms with van der Waals surface area (Å²) in [6.07, 6.45) is 5.69. The second-order valence-electron chi connectivity index (χ2n) is 6.06. The van der Waals surface area contributed by atoms with Crippen LogP contribution in [0.3, 0.4) is 0 Å². The average Bonchev–Trinajstić information content (AvgIpc) is 2.47. The zero-order valence-electron chi connectivity index (χ0n) is 12.7. The van der Waals surface area contributed by atoms with Crippen LogP contribution in [0.4, 0.5) is 8.78 Å². The Morgan fingerprint density at radius 1 is 1.30 bits per heavy atom. The first kappa shape index (κ1) is 15.4. The third-order valence-electron chi connectivity index (χ3n) is 4.81. The summed E-state index contributed by atoms with van der Waals surface area (Å²) in [7, 11) is 1.81. The molecule has 20 heavy (non-hydrogen) atoms. The molecule has 0 radical (unpaired) electrons. The van der Waals surface area contributed by atoms with Gasteiger partial charge in [0.05, 0.1) is 0 Å². The second-order valence-corrected chi connectivity index (χ2v) is 6.06. The molecule has 3 unspecified atom stereocenters. The first-order valence-electron chi connectivity index (χ1n) is 7.70. The standard InChI is InChI=1S/C17H25F2N/c1-4-12-6-5-7-13(10-12)17(20-3)15-14(18)9-8-11(2)16(15)19/h8-9,12-13,17,20H,4-7,10H2,1-3H3. The Hall–Kier alpha value is -0.960. The molecule has 1 saturated carbocycles. The van der Waals surface area contributed by atoms with Gasteiger partial charge in [0, 0.05) is 11.6 Å². The van der Waals surface area contributed by atoms with Crippen LogP contribution in [0.15, 0.2) is 12.1 Å². The van der Waals surface area contributed by atoms with Gasteiger partial charge in [-0.05, 0) is 50.3 Å². The average molecular weight is 281 g/mol. The molecule has 0 saturated heterocycles. The van der Waals surface area contributed by atoms with E-state index in [1.807, 2.05) is 0 Å². The zero-order valence-corrected chi connectivity index (χ0v) is 12.7. The van der Waals surface area contributed by atoms with Crippen molar-refractivity contribution in [3.63, 3.8) is 0 Å². The molecule has 0 aliphatic heterocycles. The summed E-state index contributed by atoms with van der Waals surface area (Å²) in [5.74, 6) is 0.207. The Morgan fingerprint density at radius 3 is 2.70 bits per heavy atom. The molecule has 0 amide bonds. The first-order valence-corrected chi connectivity index (χ1v) is 7.70. The molecule has 1 N–H and O–H groups in total. The quantitative estimate of drug-likeness (QED) is 0.839. The van der Waals surface area contributed by atoms with Gasteiger partial charge in [-0.2, -0.15) is 0 Å². The summed E-state index contributed by atoms with van der Waals surface area (Å²) in [4.78, 5) is 0. The third kappa shape index (κ3) is 3.03. The van der Waals surface area contributed by atoms with Crippen LogP contribution in [-0.2, 0) is 0 Å². The van der Waals surface area contributed by atoms with Gasteiger partial charge in [0.2, 0.25) is 0 Å². The lowest BCUT2D eigenvalue weighted by Crippen LogP contribution is -2.31. The van der Waals surface area contributed by atoms with Crippen molar-refractivity contribution in [2.75, 3.05) is 7.05 Å². The Bertz CT molecular complexity index is 459. The van der Waals surface area contributed by atoms with E-state index in [1.165, 1.54) is 18.6 Å². The van der Waals surface area contributed by atoms with E-state index in [1.54, 1.807) is 14.0 Å². The lowest BCUT2D eigenvalue weighted by molar-refractivity contribution is 0.209. The number of halogens is 2. The number of rotatable bonds is 4. The normalized spacial score (nSPS) is 24.6. The monoisotopic (exact) mass is 281 g/mol. The molecule has 2 rings (SSSR count). The van der Waals surface area contributed by atoms with Crippen molar-refractivity contribution in [3.8, 4) is 0 Å². The van der Waals surface area contributed by atoms with Crippen molar-refractivity contribution in [1.82, 2.24) is 5.32 Å². The van der Waals surface area contributed by atoms with Crippen LogP contribution in [0.25, 0.3) is 0 Å². The molecule has 0 spiro atoms. The highest BCUT2D eigenvalue weighted by molar-refractivity contribution is 5.29. The molecule has 3 heteroatoms. The minimum absolute atomic E-state index is 0.218. The molecule has 1 aromatic carbocycles. The van der Waals surface area contributed by atoms with Crippen LogP contribution < -0.4 is 5.32 Å². The summed E-state index contributed by atoms with van der Waals surface area (Å²) in [6, 6.07) is 2.68. The largest absolute Gasteiger partial charge is 0.313 e. The summed E-state index contributed by atoms with van der Waals surface area (Å²) in [5.41, 5.74) is 0.749. The molecule has 1 aliphatic carbocycles. The van der Waals surface area contributed by atoms with Crippen molar-refractivity contribution in [2.24, 2.45) is 11.8 Å². The fourth-order valence-corrected chi connectivity index (χ4v) is 3.59. The van der Waals surface area contributed by atoms with Crippen molar-refractivity contribution in [3.05, 3.63) is 34.9 Å². The van der Waals surface area contributed by atoms with Crippen molar-refractivity contribution in [1.29, 1.82) is 0 Å². The van der Waals surface area contributed by atoms with Crippen molar-refractivity contribution in [2.45, 2.75) is 52.0 Å². The van der Waals surface area contributed by atoms with Crippen LogP contribution in [0.2, 0.25) is 0 Å². The topological polar surface area (TPSA) is 12.0 Å². The van der Waals surface area contributed by atoms with Gasteiger partial charge < -0.3 is 5.32 Å². The number of benzene rings is 1. The van der Waals surface area contributed by atoms with E-state index in [-0.39, 0.29) is 17.4 Å². The number of nitrogens with one attached hydrogen (secondary N) is 1. The molecule has 0 bridgehead atoms. The number of hydrogen-bond acceptors (Lipinski definition) is 1. The molecule has 1 aromatic rings. The van der Waals surface area contributed by atoms with Crippen LogP contribution in [-0.4, -0.2) is 7.05 Å². The van der Waals surface area contributed by atoms with Gasteiger partial charge in [-0.3, -0.25) is 0 Å². The van der Waals surface area contributed by atoms with E-state index in [2.05, 4.69) is 12.2 Å². The van der Waals surface area contributed by atoms with Gasteiger partial charge in [0.25, 0.3) is 0 Å². The van der Waals surface area contributed by atoms with Gasteiger partial charge in [-0.1, -0.05) is 32.3 Å². The van der Waals surface area contributed by atoms with Crippen LogP contribution in [0.5, 0.6) is 0 Å². The molecule has 1 nitrogen and oxygen atoms in total. The fourth-order valence-electron chi connectivity index (χ4n) is 3.59. The van der Waals surface area contributed by atoms with Crippen molar-refractivity contribution >= 4 is 0 Å². The second kappa shape index (κ2) is 6.66. The SMILES string of the molecule is CCC1CCCC(C(NC)c2c(F)ccc(C)c2F)C1. The molecule has 112 valence electrons. The smallest absolute Gasteiger partial charge is 0.133 e. The molecule has 1 aliphatic rings. The van der Waals surface area contributed by atoms with Gasteiger partial charge in [0.1, 0.15) is 11.6 Å². The first-order chi connectivity index (χ1) is 9.58. The van der Waals surface area contributed by atoms with Gasteiger partial charge in [-0.15, -0.1) is 0 Å². The molecule has 1 fully saturated rings. The minimum Gasteiger partial charge on any atom is -0.313 e. The Labute approximate surface area is 120 Å². The van der Waals surface area contributed by atoms with E-state index in [0.29, 0.717) is 17.4 Å². The summed E-state index contributed by atoms with van der Waals surface area (Å²) in [6.45, 7) is 3.90. The maximum atomic E-state index is 14.4. The van der Waals surface area contributed by atoms with E-state index >= 15 is 0 Å². The molecule has 0 aromatic heterocycles. The zero-order chi connectivity index (χ0) is 14.7. The lowest BCUT2D eigenvalue weighted by Gasteiger charge is -2.34.